The van der Waals surface area contributed by atoms with Crippen LogP contribution in [-0.2, 0) is 4.74 Å². The number of fused-ring (bicyclic) bond motifs is 1. The number of anilines is 1. The molecule has 0 bridgehead atoms. The molecule has 8 nitrogen and oxygen atoms in total. The van der Waals surface area contributed by atoms with E-state index < -0.39 is 18.4 Å². The van der Waals surface area contributed by atoms with Crippen LogP contribution in [0.1, 0.15) is 31.3 Å². The van der Waals surface area contributed by atoms with Crippen LogP contribution >= 0.6 is 0 Å². The van der Waals surface area contributed by atoms with Crippen molar-refractivity contribution in [3.63, 3.8) is 0 Å². The normalized spacial score (nSPS) is 23.6. The fraction of sp³-hybridized carbons (Fsp3) is 0.294. The third-order valence-electron chi connectivity index (χ3n) is 4.14. The predicted molar refractivity (Wildman–Crippen MR) is 89.9 cm³/mol. The van der Waals surface area contributed by atoms with Crippen molar-refractivity contribution in [1.29, 1.82) is 0 Å². The van der Waals surface area contributed by atoms with Crippen molar-refractivity contribution < 1.29 is 16.0 Å². The zero-order valence-corrected chi connectivity index (χ0v) is 13.2. The topological polar surface area (TPSA) is 102 Å². The summed E-state index contributed by atoms with van der Waals surface area (Å²) in [6, 6.07) is 8.82. The van der Waals surface area contributed by atoms with E-state index in [1.807, 2.05) is 6.07 Å². The van der Waals surface area contributed by atoms with Crippen molar-refractivity contribution in [2.75, 3.05) is 5.32 Å². The fourth-order valence-electron chi connectivity index (χ4n) is 2.81. The van der Waals surface area contributed by atoms with Gasteiger partial charge in [0.25, 0.3) is 5.91 Å². The number of nitrogens with one attached hydrogen (secondary N) is 1. The summed E-state index contributed by atoms with van der Waals surface area (Å²) in [5.41, 5.74) is 1.44. The summed E-state index contributed by atoms with van der Waals surface area (Å²) in [5.74, 6) is 0.0140. The number of nitrogens with zero attached hydrogens (tertiary/aromatic N) is 4. The molecule has 25 heavy (non-hydrogen) atoms. The number of hydrogen-bond donors (Lipinski definition) is 2. The molecule has 3 aromatic rings. The number of carbonyl (C=O) groups is 1. The third-order valence-corrected chi connectivity index (χ3v) is 4.14. The minimum atomic E-state index is -0.700. The van der Waals surface area contributed by atoms with Crippen LogP contribution in [0.15, 0.2) is 43.0 Å². The van der Waals surface area contributed by atoms with Gasteiger partial charge in [-0.2, -0.15) is 0 Å². The maximum Gasteiger partial charge on any atom is 0.256 e. The highest BCUT2D eigenvalue weighted by Crippen LogP contribution is 2.31. The number of aromatic nitrogens is 4. The molecule has 1 aliphatic rings. The second kappa shape index (κ2) is 6.23. The van der Waals surface area contributed by atoms with E-state index in [-0.39, 0.29) is 12.8 Å². The first-order chi connectivity index (χ1) is 12.7. The SMILES string of the molecule is [2H]C[C@H]1O[C@@H](n2cnc3c(NC(=O)c4ccccc4)ncnc32)CC1O. The first-order valence-corrected chi connectivity index (χ1v) is 7.84. The number of rotatable bonds is 3. The summed E-state index contributed by atoms with van der Waals surface area (Å²) in [4.78, 5) is 25.0. The van der Waals surface area contributed by atoms with Crippen LogP contribution in [0, 0.1) is 0 Å². The van der Waals surface area contributed by atoms with Crippen molar-refractivity contribution in [2.24, 2.45) is 0 Å². The van der Waals surface area contributed by atoms with Crippen molar-refractivity contribution in [3.05, 3.63) is 48.5 Å². The predicted octanol–water partition coefficient (Wildman–Crippen LogP) is 1.75. The van der Waals surface area contributed by atoms with E-state index in [0.29, 0.717) is 29.0 Å². The van der Waals surface area contributed by atoms with Gasteiger partial charge in [-0.15, -0.1) is 0 Å². The zero-order valence-electron chi connectivity index (χ0n) is 14.2. The highest BCUT2D eigenvalue weighted by Gasteiger charge is 2.33. The molecule has 0 radical (unpaired) electrons. The molecule has 0 spiro atoms. The van der Waals surface area contributed by atoms with Crippen LogP contribution in [0.25, 0.3) is 11.2 Å². The van der Waals surface area contributed by atoms with Crippen molar-refractivity contribution in [1.82, 2.24) is 19.5 Å². The highest BCUT2D eigenvalue weighted by molar-refractivity contribution is 6.06. The second-order valence-corrected chi connectivity index (χ2v) is 5.80. The molecule has 2 N–H and O–H groups in total. The van der Waals surface area contributed by atoms with Crippen LogP contribution in [0.2, 0.25) is 0 Å². The van der Waals surface area contributed by atoms with Gasteiger partial charge in [-0.25, -0.2) is 15.0 Å². The van der Waals surface area contributed by atoms with Gasteiger partial charge in [0.05, 0.1) is 18.5 Å². The van der Waals surface area contributed by atoms with Gasteiger partial charge in [0, 0.05) is 13.4 Å². The number of aliphatic hydroxyl groups is 1. The van der Waals surface area contributed by atoms with Crippen LogP contribution < -0.4 is 5.32 Å². The van der Waals surface area contributed by atoms with Gasteiger partial charge in [0.2, 0.25) is 0 Å². The Hall–Kier alpha value is -2.84. The molecule has 0 aliphatic carbocycles. The molecule has 1 aliphatic heterocycles. The molecule has 1 aromatic carbocycles. The van der Waals surface area contributed by atoms with Crippen molar-refractivity contribution in [3.8, 4) is 0 Å². The minimum absolute atomic E-state index is 0.0162. The monoisotopic (exact) mass is 340 g/mol. The Labute approximate surface area is 144 Å². The lowest BCUT2D eigenvalue weighted by atomic mass is 10.2. The molecule has 128 valence electrons. The Balaban J connectivity index is 1.63. The Bertz CT molecular complexity index is 933. The lowest BCUT2D eigenvalue weighted by molar-refractivity contribution is -0.00632. The Morgan fingerprint density at radius 3 is 2.96 bits per heavy atom. The number of aliphatic hydroxyl groups excluding tert-OH is 1. The minimum Gasteiger partial charge on any atom is -0.390 e. The van der Waals surface area contributed by atoms with Gasteiger partial charge >= 0.3 is 0 Å². The van der Waals surface area contributed by atoms with Gasteiger partial charge < -0.3 is 15.2 Å². The molecule has 1 fully saturated rings. The van der Waals surface area contributed by atoms with Crippen LogP contribution in [0.4, 0.5) is 5.82 Å². The average Bonchev–Trinajstić information content (AvgIpc) is 3.26. The van der Waals surface area contributed by atoms with Gasteiger partial charge in [-0.3, -0.25) is 9.36 Å². The smallest absolute Gasteiger partial charge is 0.256 e. The molecule has 1 saturated heterocycles. The summed E-state index contributed by atoms with van der Waals surface area (Å²) in [5, 5.41) is 12.7. The molecule has 2 aromatic heterocycles. The summed E-state index contributed by atoms with van der Waals surface area (Å²) in [7, 11) is 0. The maximum atomic E-state index is 12.4. The first-order valence-electron chi connectivity index (χ1n) is 8.55. The van der Waals surface area contributed by atoms with E-state index in [9.17, 15) is 9.90 Å². The van der Waals surface area contributed by atoms with E-state index in [2.05, 4.69) is 20.3 Å². The van der Waals surface area contributed by atoms with Crippen LogP contribution in [-0.4, -0.2) is 42.7 Å². The Morgan fingerprint density at radius 2 is 2.20 bits per heavy atom. The number of ether oxygens (including phenoxy) is 1. The Kier molecular flexibility index (Phi) is 3.61. The summed E-state index contributed by atoms with van der Waals surface area (Å²) >= 11 is 0. The number of imidazole rings is 1. The summed E-state index contributed by atoms with van der Waals surface area (Å²) in [6.45, 7) is -0.0162. The number of hydrogen-bond acceptors (Lipinski definition) is 6. The number of benzene rings is 1. The van der Waals surface area contributed by atoms with Crippen LogP contribution in [0.3, 0.4) is 0 Å². The largest absolute Gasteiger partial charge is 0.390 e. The second-order valence-electron chi connectivity index (χ2n) is 5.80. The quantitative estimate of drug-likeness (QED) is 0.753. The van der Waals surface area contributed by atoms with Crippen LogP contribution in [0.5, 0.6) is 0 Å². The molecule has 8 heteroatoms. The molecule has 0 saturated carbocycles. The van der Waals surface area contributed by atoms with Gasteiger partial charge in [-0.05, 0) is 19.0 Å². The zero-order chi connectivity index (χ0) is 18.1. The lowest BCUT2D eigenvalue weighted by Crippen LogP contribution is -2.15. The van der Waals surface area contributed by atoms with Crippen molar-refractivity contribution in [2.45, 2.75) is 31.8 Å². The molecule has 1 amide bonds. The standard InChI is InChI=1S/C17H17N5O3/c1-10-12(23)7-13(25-10)22-9-20-14-15(18-8-19-16(14)22)21-17(24)11-5-3-2-4-6-11/h2-6,8-10,12-13,23H,7H2,1H3,(H,18,19,21,24)/t10-,12?,13-/m1/s1/i1D. The summed E-state index contributed by atoms with van der Waals surface area (Å²) in [6.07, 6.45) is 1.55. The Morgan fingerprint density at radius 1 is 1.36 bits per heavy atom. The molecular formula is C17H17N5O3. The van der Waals surface area contributed by atoms with E-state index in [1.54, 1.807) is 35.2 Å². The van der Waals surface area contributed by atoms with Crippen molar-refractivity contribution >= 4 is 22.9 Å². The molecule has 3 atom stereocenters. The maximum absolute atomic E-state index is 12.4. The van der Waals surface area contributed by atoms with E-state index in [0.717, 1.165) is 0 Å². The summed E-state index contributed by atoms with van der Waals surface area (Å²) < 4.78 is 14.8. The van der Waals surface area contributed by atoms with Gasteiger partial charge in [-0.1, -0.05) is 18.2 Å². The molecular weight excluding hydrogens is 322 g/mol. The lowest BCUT2D eigenvalue weighted by Gasteiger charge is -2.12. The van der Waals surface area contributed by atoms with E-state index in [4.69, 9.17) is 6.11 Å². The third kappa shape index (κ3) is 2.86. The average molecular weight is 340 g/mol. The van der Waals surface area contributed by atoms with E-state index >= 15 is 0 Å². The molecule has 3 heterocycles. The highest BCUT2D eigenvalue weighted by atomic mass is 16.5. The fourth-order valence-corrected chi connectivity index (χ4v) is 2.81. The van der Waals surface area contributed by atoms with E-state index in [1.165, 1.54) is 6.33 Å². The first kappa shape index (κ1) is 14.5. The molecule has 4 rings (SSSR count). The number of carbonyl (C=O) groups excluding carboxylic acids is 1. The number of amides is 1. The van der Waals surface area contributed by atoms with Gasteiger partial charge in [0.15, 0.2) is 17.0 Å². The van der Waals surface area contributed by atoms with Gasteiger partial charge in [0.1, 0.15) is 12.6 Å². The molecule has 1 unspecified atom stereocenters.